The van der Waals surface area contributed by atoms with Gasteiger partial charge in [0.05, 0.1) is 6.04 Å². The average Bonchev–Trinajstić information content (AvgIpc) is 2.83. The van der Waals surface area contributed by atoms with Crippen LogP contribution in [0.25, 0.3) is 0 Å². The number of hydrogen-bond acceptors (Lipinski definition) is 2. The van der Waals surface area contributed by atoms with Crippen molar-refractivity contribution in [2.75, 3.05) is 0 Å². The van der Waals surface area contributed by atoms with E-state index in [2.05, 4.69) is 15.3 Å². The fourth-order valence-electron chi connectivity index (χ4n) is 2.54. The van der Waals surface area contributed by atoms with Crippen molar-refractivity contribution in [3.8, 4) is 0 Å². The fraction of sp³-hybridized carbons (Fsp3) is 0.692. The quantitative estimate of drug-likeness (QED) is 0.842. The zero-order valence-electron chi connectivity index (χ0n) is 10.4. The Labute approximate surface area is 102 Å². The van der Waals surface area contributed by atoms with Gasteiger partial charge in [-0.25, -0.2) is 4.98 Å². The van der Waals surface area contributed by atoms with Crippen LogP contribution in [-0.4, -0.2) is 15.9 Å². The molecule has 1 amide bonds. The number of carbonyl (C=O) groups excluding carboxylic acids is 1. The smallest absolute Gasteiger partial charge is 0.220 e. The van der Waals surface area contributed by atoms with Gasteiger partial charge in [-0.2, -0.15) is 0 Å². The molecule has 2 N–H and O–H groups in total. The lowest BCUT2D eigenvalue weighted by molar-refractivity contribution is -0.122. The molecule has 1 aromatic heterocycles. The van der Waals surface area contributed by atoms with Crippen molar-refractivity contribution in [2.24, 2.45) is 5.92 Å². The first-order valence-corrected chi connectivity index (χ1v) is 6.54. The van der Waals surface area contributed by atoms with E-state index in [1.54, 1.807) is 12.4 Å². The molecule has 1 aliphatic rings. The molecule has 0 aliphatic heterocycles. The summed E-state index contributed by atoms with van der Waals surface area (Å²) in [6, 6.07) is -0.0268. The topological polar surface area (TPSA) is 57.8 Å². The maximum Gasteiger partial charge on any atom is 0.220 e. The third kappa shape index (κ3) is 3.58. The molecule has 0 aromatic carbocycles. The molecular formula is C13H21N3O. The van der Waals surface area contributed by atoms with E-state index in [1.807, 2.05) is 6.92 Å². The van der Waals surface area contributed by atoms with E-state index in [9.17, 15) is 4.79 Å². The highest BCUT2D eigenvalue weighted by Crippen LogP contribution is 2.26. The maximum absolute atomic E-state index is 11.9. The summed E-state index contributed by atoms with van der Waals surface area (Å²) < 4.78 is 0. The molecule has 0 spiro atoms. The number of amides is 1. The molecular weight excluding hydrogens is 214 g/mol. The minimum absolute atomic E-state index is 0.0268. The van der Waals surface area contributed by atoms with Gasteiger partial charge >= 0.3 is 0 Å². The minimum Gasteiger partial charge on any atom is -0.347 e. The highest BCUT2D eigenvalue weighted by Gasteiger charge is 2.18. The molecule has 94 valence electrons. The molecule has 4 nitrogen and oxygen atoms in total. The van der Waals surface area contributed by atoms with Crippen LogP contribution in [0.1, 0.15) is 57.3 Å². The van der Waals surface area contributed by atoms with E-state index < -0.39 is 0 Å². The Balaban J connectivity index is 1.76. The van der Waals surface area contributed by atoms with Crippen LogP contribution in [0.4, 0.5) is 0 Å². The molecule has 1 heterocycles. The second kappa shape index (κ2) is 5.84. The summed E-state index contributed by atoms with van der Waals surface area (Å²) in [7, 11) is 0. The second-order valence-electron chi connectivity index (χ2n) is 4.97. The van der Waals surface area contributed by atoms with Gasteiger partial charge in [0.15, 0.2) is 0 Å². The zero-order valence-corrected chi connectivity index (χ0v) is 10.4. The highest BCUT2D eigenvalue weighted by atomic mass is 16.1. The molecule has 0 radical (unpaired) electrons. The Morgan fingerprint density at radius 2 is 2.29 bits per heavy atom. The summed E-state index contributed by atoms with van der Waals surface area (Å²) in [4.78, 5) is 19.0. The molecule has 1 unspecified atom stereocenters. The summed E-state index contributed by atoms with van der Waals surface area (Å²) in [5, 5.41) is 3.00. The summed E-state index contributed by atoms with van der Waals surface area (Å²) in [6.07, 6.45) is 10.5. The Morgan fingerprint density at radius 1 is 1.53 bits per heavy atom. The standard InChI is InChI=1S/C13H21N3O/c1-10(13-14-7-8-15-13)16-12(17)9-11-5-3-2-4-6-11/h7-8,10-11H,2-6,9H2,1H3,(H,14,15)(H,16,17). The lowest BCUT2D eigenvalue weighted by Crippen LogP contribution is -2.29. The van der Waals surface area contributed by atoms with Crippen LogP contribution in [-0.2, 0) is 4.79 Å². The molecule has 1 atom stereocenters. The summed E-state index contributed by atoms with van der Waals surface area (Å²) >= 11 is 0. The van der Waals surface area contributed by atoms with Gasteiger partial charge in [0.1, 0.15) is 5.82 Å². The molecule has 2 rings (SSSR count). The number of imidazole rings is 1. The first-order valence-electron chi connectivity index (χ1n) is 6.54. The van der Waals surface area contributed by atoms with Gasteiger partial charge in [0.2, 0.25) is 5.91 Å². The van der Waals surface area contributed by atoms with Crippen LogP contribution < -0.4 is 5.32 Å². The monoisotopic (exact) mass is 235 g/mol. The Hall–Kier alpha value is -1.32. The van der Waals surface area contributed by atoms with Gasteiger partial charge in [-0.1, -0.05) is 19.3 Å². The molecule has 1 aromatic rings. The van der Waals surface area contributed by atoms with Crippen molar-refractivity contribution < 1.29 is 4.79 Å². The SMILES string of the molecule is CC(NC(=O)CC1CCCCC1)c1ncc[nH]1. The molecule has 17 heavy (non-hydrogen) atoms. The summed E-state index contributed by atoms with van der Waals surface area (Å²) in [5.74, 6) is 1.57. The maximum atomic E-state index is 11.9. The van der Waals surface area contributed by atoms with Gasteiger partial charge in [-0.15, -0.1) is 0 Å². The third-order valence-electron chi connectivity index (χ3n) is 3.51. The van der Waals surface area contributed by atoms with Crippen LogP contribution in [0.5, 0.6) is 0 Å². The van der Waals surface area contributed by atoms with Crippen LogP contribution >= 0.6 is 0 Å². The molecule has 0 bridgehead atoms. The van der Waals surface area contributed by atoms with Gasteiger partial charge in [-0.05, 0) is 25.7 Å². The van der Waals surface area contributed by atoms with Crippen molar-refractivity contribution in [3.05, 3.63) is 18.2 Å². The van der Waals surface area contributed by atoms with Crippen LogP contribution in [0.15, 0.2) is 12.4 Å². The van der Waals surface area contributed by atoms with E-state index in [0.717, 1.165) is 5.82 Å². The first kappa shape index (κ1) is 12.1. The van der Waals surface area contributed by atoms with Gasteiger partial charge in [0.25, 0.3) is 0 Å². The number of aromatic nitrogens is 2. The van der Waals surface area contributed by atoms with E-state index in [-0.39, 0.29) is 11.9 Å². The average molecular weight is 235 g/mol. The predicted molar refractivity (Wildman–Crippen MR) is 66.3 cm³/mol. The van der Waals surface area contributed by atoms with Crippen molar-refractivity contribution in [3.63, 3.8) is 0 Å². The first-order chi connectivity index (χ1) is 8.25. The Kier molecular flexibility index (Phi) is 4.18. The van der Waals surface area contributed by atoms with Crippen LogP contribution in [0.2, 0.25) is 0 Å². The number of nitrogens with zero attached hydrogens (tertiary/aromatic N) is 1. The normalized spacial score (nSPS) is 18.9. The van der Waals surface area contributed by atoms with Gasteiger partial charge < -0.3 is 10.3 Å². The second-order valence-corrected chi connectivity index (χ2v) is 4.97. The van der Waals surface area contributed by atoms with Crippen LogP contribution in [0, 0.1) is 5.92 Å². The summed E-state index contributed by atoms with van der Waals surface area (Å²) in [5.41, 5.74) is 0. The van der Waals surface area contributed by atoms with E-state index in [4.69, 9.17) is 0 Å². The number of nitrogens with one attached hydrogen (secondary N) is 2. The number of hydrogen-bond donors (Lipinski definition) is 2. The number of H-pyrrole nitrogens is 1. The van der Waals surface area contributed by atoms with Crippen molar-refractivity contribution >= 4 is 5.91 Å². The number of rotatable bonds is 4. The molecule has 1 aliphatic carbocycles. The fourth-order valence-corrected chi connectivity index (χ4v) is 2.54. The molecule has 0 saturated heterocycles. The van der Waals surface area contributed by atoms with Crippen molar-refractivity contribution in [1.29, 1.82) is 0 Å². The van der Waals surface area contributed by atoms with E-state index in [1.165, 1.54) is 32.1 Å². The van der Waals surface area contributed by atoms with Crippen LogP contribution in [0.3, 0.4) is 0 Å². The third-order valence-corrected chi connectivity index (χ3v) is 3.51. The van der Waals surface area contributed by atoms with Crippen molar-refractivity contribution in [1.82, 2.24) is 15.3 Å². The Bertz CT molecular complexity index is 342. The lowest BCUT2D eigenvalue weighted by Gasteiger charge is -2.21. The molecule has 1 saturated carbocycles. The largest absolute Gasteiger partial charge is 0.347 e. The Morgan fingerprint density at radius 3 is 2.94 bits per heavy atom. The zero-order chi connectivity index (χ0) is 12.1. The molecule has 4 heteroatoms. The predicted octanol–water partition coefficient (Wildman–Crippen LogP) is 2.56. The lowest BCUT2D eigenvalue weighted by atomic mass is 9.87. The minimum atomic E-state index is -0.0268. The number of aromatic amines is 1. The highest BCUT2D eigenvalue weighted by molar-refractivity contribution is 5.76. The number of carbonyl (C=O) groups is 1. The summed E-state index contributed by atoms with van der Waals surface area (Å²) in [6.45, 7) is 1.96. The van der Waals surface area contributed by atoms with E-state index >= 15 is 0 Å². The molecule has 1 fully saturated rings. The van der Waals surface area contributed by atoms with Gasteiger partial charge in [-0.3, -0.25) is 4.79 Å². The van der Waals surface area contributed by atoms with E-state index in [0.29, 0.717) is 12.3 Å². The van der Waals surface area contributed by atoms with Crippen molar-refractivity contribution in [2.45, 2.75) is 51.5 Å². The van der Waals surface area contributed by atoms with Gasteiger partial charge in [0, 0.05) is 18.8 Å².